The number of methoxy groups -OCH3 is 1. The molecule has 2 aromatic rings. The fraction of sp³-hybridized carbons (Fsp3) is 0.333. The second-order valence-electron chi connectivity index (χ2n) is 8.76. The number of barbiturate groups is 1. The van der Waals surface area contributed by atoms with E-state index in [4.69, 9.17) is 4.74 Å². The summed E-state index contributed by atoms with van der Waals surface area (Å²) in [6.07, 6.45) is 0.109. The summed E-state index contributed by atoms with van der Waals surface area (Å²) in [5.41, 5.74) is 1.72. The number of hydrogen-bond acceptors (Lipinski definition) is 7. The van der Waals surface area contributed by atoms with E-state index in [1.165, 1.54) is 6.92 Å². The predicted octanol–water partition coefficient (Wildman–Crippen LogP) is 1.26. The van der Waals surface area contributed by atoms with Gasteiger partial charge in [0.2, 0.25) is 17.7 Å². The van der Waals surface area contributed by atoms with Gasteiger partial charge in [-0.2, -0.15) is 0 Å². The van der Waals surface area contributed by atoms with Gasteiger partial charge in [-0.15, -0.1) is 0 Å². The Balaban J connectivity index is 1.57. The molecule has 3 heterocycles. The number of imide groups is 2. The molecule has 0 aliphatic carbocycles. The molecule has 5 amide bonds. The summed E-state index contributed by atoms with van der Waals surface area (Å²) < 4.78 is 5.25. The van der Waals surface area contributed by atoms with Crippen molar-refractivity contribution in [3.63, 3.8) is 0 Å². The number of nitrogens with zero attached hydrogens (tertiary/aromatic N) is 2. The fourth-order valence-electron chi connectivity index (χ4n) is 5.25. The molecule has 0 aromatic heterocycles. The molecule has 0 unspecified atom stereocenters. The number of carbonyl (C=O) groups excluding carboxylic acids is 4. The van der Waals surface area contributed by atoms with E-state index in [0.29, 0.717) is 25.3 Å². The van der Waals surface area contributed by atoms with Crippen molar-refractivity contribution in [1.82, 2.24) is 10.6 Å². The van der Waals surface area contributed by atoms with Crippen LogP contribution >= 0.6 is 0 Å². The highest BCUT2D eigenvalue weighted by molar-refractivity contribution is 6.20. The van der Waals surface area contributed by atoms with E-state index in [9.17, 15) is 19.2 Å². The molecule has 1 atom stereocenters. The van der Waals surface area contributed by atoms with Gasteiger partial charge in [0.15, 0.2) is 5.41 Å². The maximum Gasteiger partial charge on any atom is 0.328 e. The van der Waals surface area contributed by atoms with Crippen LogP contribution in [0.3, 0.4) is 0 Å². The molecule has 3 N–H and O–H groups in total. The molecule has 3 aliphatic heterocycles. The van der Waals surface area contributed by atoms with E-state index in [2.05, 4.69) is 25.8 Å². The first-order chi connectivity index (χ1) is 16.3. The van der Waals surface area contributed by atoms with Crippen molar-refractivity contribution in [2.75, 3.05) is 41.9 Å². The van der Waals surface area contributed by atoms with Crippen molar-refractivity contribution in [2.45, 2.75) is 19.4 Å². The number of carbonyl (C=O) groups is 4. The summed E-state index contributed by atoms with van der Waals surface area (Å²) in [5, 5.41) is 7.37. The lowest BCUT2D eigenvalue weighted by Crippen LogP contribution is -2.74. The number of rotatable bonds is 3. The molecule has 2 fully saturated rings. The molecule has 176 valence electrons. The Morgan fingerprint density at radius 1 is 1.06 bits per heavy atom. The standard InChI is InChI=1S/C24H25N5O5/c1-14(30)25-16-3-8-19-15(11-16)12-24(21(31)26-23(33)27-22(24)32)20-13-28(9-10-29(19)20)17-4-6-18(34-2)7-5-17/h3-8,11,20H,9-10,12-13H2,1-2H3,(H,25,30)(H2,26,27,31,32,33)/t20-/m1/s1. The Labute approximate surface area is 196 Å². The lowest BCUT2D eigenvalue weighted by molar-refractivity contribution is -0.146. The molecule has 10 nitrogen and oxygen atoms in total. The monoisotopic (exact) mass is 463 g/mol. The summed E-state index contributed by atoms with van der Waals surface area (Å²) in [6.45, 7) is 3.07. The molecular formula is C24H25N5O5. The third-order valence-electron chi connectivity index (χ3n) is 6.83. The average molecular weight is 463 g/mol. The van der Waals surface area contributed by atoms with Crippen molar-refractivity contribution in [3.8, 4) is 5.75 Å². The quantitative estimate of drug-likeness (QED) is 0.586. The Kier molecular flexibility index (Phi) is 5.15. The van der Waals surface area contributed by atoms with Gasteiger partial charge >= 0.3 is 6.03 Å². The molecule has 1 spiro atoms. The van der Waals surface area contributed by atoms with Gasteiger partial charge in [-0.1, -0.05) is 0 Å². The third kappa shape index (κ3) is 3.42. The van der Waals surface area contributed by atoms with Gasteiger partial charge in [0.05, 0.1) is 13.2 Å². The van der Waals surface area contributed by atoms with Gasteiger partial charge in [-0.25, -0.2) is 4.79 Å². The SMILES string of the molecule is COc1ccc(N2CCN3c4ccc(NC(C)=O)cc4CC4(C(=O)NC(=O)NC4=O)[C@H]3C2)cc1. The highest BCUT2D eigenvalue weighted by Gasteiger charge is 2.60. The van der Waals surface area contributed by atoms with E-state index in [1.54, 1.807) is 13.2 Å². The first-order valence-electron chi connectivity index (χ1n) is 11.0. The van der Waals surface area contributed by atoms with Crippen molar-refractivity contribution in [1.29, 1.82) is 0 Å². The molecule has 0 bridgehead atoms. The first-order valence-corrected chi connectivity index (χ1v) is 11.0. The van der Waals surface area contributed by atoms with Crippen LogP contribution in [0.4, 0.5) is 21.9 Å². The van der Waals surface area contributed by atoms with Crippen LogP contribution in [-0.4, -0.2) is 56.5 Å². The lowest BCUT2D eigenvalue weighted by Gasteiger charge is -2.54. The molecule has 0 saturated carbocycles. The van der Waals surface area contributed by atoms with Crippen LogP contribution in [0, 0.1) is 5.41 Å². The van der Waals surface area contributed by atoms with Crippen molar-refractivity contribution in [2.24, 2.45) is 5.41 Å². The smallest absolute Gasteiger partial charge is 0.328 e. The normalized spacial score (nSPS) is 20.8. The van der Waals surface area contributed by atoms with E-state index in [1.807, 2.05) is 36.4 Å². The van der Waals surface area contributed by atoms with E-state index >= 15 is 0 Å². The summed E-state index contributed by atoms with van der Waals surface area (Å²) in [4.78, 5) is 54.3. The van der Waals surface area contributed by atoms with Crippen LogP contribution in [0.2, 0.25) is 0 Å². The number of piperazine rings is 1. The van der Waals surface area contributed by atoms with Gasteiger partial charge in [-0.3, -0.25) is 25.0 Å². The predicted molar refractivity (Wildman–Crippen MR) is 125 cm³/mol. The molecular weight excluding hydrogens is 438 g/mol. The minimum Gasteiger partial charge on any atom is -0.497 e. The molecule has 2 aromatic carbocycles. The second kappa shape index (κ2) is 8.05. The number of benzene rings is 2. The Bertz CT molecular complexity index is 1170. The van der Waals surface area contributed by atoms with Crippen LogP contribution < -0.4 is 30.5 Å². The topological polar surface area (TPSA) is 120 Å². The molecule has 5 rings (SSSR count). The van der Waals surface area contributed by atoms with Crippen LogP contribution in [-0.2, 0) is 20.8 Å². The van der Waals surface area contributed by atoms with Crippen molar-refractivity contribution in [3.05, 3.63) is 48.0 Å². The maximum atomic E-state index is 13.3. The van der Waals surface area contributed by atoms with Crippen molar-refractivity contribution >= 4 is 40.8 Å². The number of hydrogen-bond donors (Lipinski definition) is 3. The molecule has 34 heavy (non-hydrogen) atoms. The van der Waals surface area contributed by atoms with Gasteiger partial charge in [-0.05, 0) is 54.4 Å². The summed E-state index contributed by atoms with van der Waals surface area (Å²) in [5.74, 6) is -0.688. The van der Waals surface area contributed by atoms with Gasteiger partial charge < -0.3 is 19.9 Å². The average Bonchev–Trinajstić information content (AvgIpc) is 2.81. The van der Waals surface area contributed by atoms with E-state index < -0.39 is 29.3 Å². The summed E-state index contributed by atoms with van der Waals surface area (Å²) in [7, 11) is 1.61. The van der Waals surface area contributed by atoms with Crippen LogP contribution in [0.25, 0.3) is 0 Å². The zero-order valence-corrected chi connectivity index (χ0v) is 18.9. The Morgan fingerprint density at radius 2 is 1.76 bits per heavy atom. The van der Waals surface area contributed by atoms with Gasteiger partial charge in [0.25, 0.3) is 0 Å². The molecule has 2 saturated heterocycles. The minimum atomic E-state index is -1.50. The maximum absolute atomic E-state index is 13.3. The third-order valence-corrected chi connectivity index (χ3v) is 6.83. The van der Waals surface area contributed by atoms with E-state index in [0.717, 1.165) is 22.7 Å². The Hall–Kier alpha value is -4.08. The zero-order valence-electron chi connectivity index (χ0n) is 18.9. The molecule has 3 aliphatic rings. The lowest BCUT2D eigenvalue weighted by atomic mass is 9.68. The fourth-order valence-corrected chi connectivity index (χ4v) is 5.25. The zero-order chi connectivity index (χ0) is 24.0. The summed E-state index contributed by atoms with van der Waals surface area (Å²) in [6, 6.07) is 11.8. The number of anilines is 3. The second-order valence-corrected chi connectivity index (χ2v) is 8.76. The first kappa shape index (κ1) is 21.7. The van der Waals surface area contributed by atoms with Gasteiger partial charge in [0, 0.05) is 43.6 Å². The number of urea groups is 1. The number of nitrogens with one attached hydrogen (secondary N) is 3. The largest absolute Gasteiger partial charge is 0.497 e. The van der Waals surface area contributed by atoms with Crippen LogP contribution in [0.15, 0.2) is 42.5 Å². The number of amides is 5. The highest BCUT2D eigenvalue weighted by atomic mass is 16.5. The van der Waals surface area contributed by atoms with Crippen molar-refractivity contribution < 1.29 is 23.9 Å². The summed E-state index contributed by atoms with van der Waals surface area (Å²) >= 11 is 0. The number of fused-ring (bicyclic) bond motifs is 4. The minimum absolute atomic E-state index is 0.109. The molecule has 0 radical (unpaired) electrons. The Morgan fingerprint density at radius 3 is 2.41 bits per heavy atom. The number of ether oxygens (including phenoxy) is 1. The highest BCUT2D eigenvalue weighted by Crippen LogP contribution is 2.45. The van der Waals surface area contributed by atoms with E-state index in [-0.39, 0.29) is 12.3 Å². The molecule has 10 heteroatoms. The van der Waals surface area contributed by atoms with Crippen LogP contribution in [0.5, 0.6) is 5.75 Å². The van der Waals surface area contributed by atoms with Gasteiger partial charge in [0.1, 0.15) is 5.75 Å². The van der Waals surface area contributed by atoms with Crippen LogP contribution in [0.1, 0.15) is 12.5 Å².